The zero-order valence-electron chi connectivity index (χ0n) is 3.84. The molecule has 0 aromatic rings. The molecule has 0 aliphatic rings. The average Bonchev–Trinajstić information content (AvgIpc) is 1.35. The minimum absolute atomic E-state index is 1.51. The second-order valence-corrected chi connectivity index (χ2v) is 2.72. The smallest absolute Gasteiger partial charge is 0.0499 e. The van der Waals surface area contributed by atoms with Crippen molar-refractivity contribution in [1.82, 2.24) is 4.31 Å². The lowest BCUT2D eigenvalue weighted by atomic mass is 11.3. The molecule has 0 saturated carbocycles. The fraction of sp³-hybridized carbons (Fsp3) is 0.667. The maximum atomic E-state index is 4.52. The van der Waals surface area contributed by atoms with E-state index in [-0.39, 0.29) is 0 Å². The Hall–Kier alpha value is 0.400. The average molecular weight is 121 g/mol. The van der Waals surface area contributed by atoms with Gasteiger partial charge >= 0.3 is 0 Å². The van der Waals surface area contributed by atoms with Gasteiger partial charge < -0.3 is 0 Å². The van der Waals surface area contributed by atoms with Crippen LogP contribution >= 0.6 is 24.2 Å². The minimum Gasteiger partial charge on any atom is -0.252 e. The van der Waals surface area contributed by atoms with Crippen LogP contribution in [0.5, 0.6) is 0 Å². The molecule has 0 atom stereocenters. The molecule has 0 bridgehead atoms. The van der Waals surface area contributed by atoms with E-state index in [1.807, 2.05) is 18.4 Å². The summed E-state index contributed by atoms with van der Waals surface area (Å²) in [6, 6.07) is 0. The van der Waals surface area contributed by atoms with E-state index in [0.29, 0.717) is 0 Å². The molecule has 0 heterocycles. The van der Waals surface area contributed by atoms with E-state index in [1.54, 1.807) is 4.70 Å². The van der Waals surface area contributed by atoms with Crippen LogP contribution in [0.4, 0.5) is 0 Å². The second kappa shape index (κ2) is 3.59. The minimum atomic E-state index is 1.51. The van der Waals surface area contributed by atoms with Gasteiger partial charge in [0.1, 0.15) is 0 Å². The molecule has 0 aromatic carbocycles. The molecule has 0 amide bonds. The van der Waals surface area contributed by atoms with E-state index in [4.69, 9.17) is 0 Å². The van der Waals surface area contributed by atoms with Crippen molar-refractivity contribution in [3.8, 4) is 0 Å². The van der Waals surface area contributed by atoms with Crippen molar-refractivity contribution in [1.29, 1.82) is 0 Å². The van der Waals surface area contributed by atoms with Gasteiger partial charge in [0, 0.05) is 4.70 Å². The van der Waals surface area contributed by atoms with Crippen molar-refractivity contribution in [2.75, 3.05) is 14.1 Å². The lowest BCUT2D eigenvalue weighted by Gasteiger charge is -1.98. The van der Waals surface area contributed by atoms with Crippen LogP contribution in [0.15, 0.2) is 0 Å². The summed E-state index contributed by atoms with van der Waals surface area (Å²) in [4.78, 5) is 0. The lowest BCUT2D eigenvalue weighted by molar-refractivity contribution is 0.710. The van der Waals surface area contributed by atoms with Gasteiger partial charge in [-0.05, 0) is 26.0 Å². The maximum absolute atomic E-state index is 4.52. The van der Waals surface area contributed by atoms with Crippen LogP contribution in [0, 0.1) is 0 Å². The van der Waals surface area contributed by atoms with E-state index in [0.717, 1.165) is 0 Å². The predicted molar refractivity (Wildman–Crippen MR) is 34.9 cm³/mol. The Bertz CT molecular complexity index is 44.1. The first-order chi connectivity index (χ1) is 2.77. The summed E-state index contributed by atoms with van der Waals surface area (Å²) in [6.45, 7) is 0. The molecule has 0 spiro atoms. The Morgan fingerprint density at radius 3 is 2.17 bits per heavy atom. The van der Waals surface area contributed by atoms with Gasteiger partial charge in [-0.2, -0.15) is 0 Å². The van der Waals surface area contributed by atoms with E-state index in [1.165, 1.54) is 11.9 Å². The molecule has 1 nitrogen and oxygen atoms in total. The van der Waals surface area contributed by atoms with Gasteiger partial charge in [0.2, 0.25) is 0 Å². The van der Waals surface area contributed by atoms with Crippen molar-refractivity contribution < 1.29 is 0 Å². The summed E-state index contributed by atoms with van der Waals surface area (Å²) >= 11 is 6.03. The van der Waals surface area contributed by atoms with Crippen molar-refractivity contribution in [2.24, 2.45) is 0 Å². The molecule has 0 unspecified atom stereocenters. The van der Waals surface area contributed by atoms with Gasteiger partial charge in [-0.1, -0.05) is 12.2 Å². The number of rotatable bonds is 2. The zero-order chi connectivity index (χ0) is 4.99. The third-order valence-electron chi connectivity index (χ3n) is 0.254. The molecule has 0 aliphatic heterocycles. The molecule has 0 N–H and O–H groups in total. The molecular formula is C3H7NS2. The number of thiocarbonyl (C=S) groups is 1. The summed E-state index contributed by atoms with van der Waals surface area (Å²) in [5.74, 6) is 0. The van der Waals surface area contributed by atoms with Crippen molar-refractivity contribution in [3.63, 3.8) is 0 Å². The van der Waals surface area contributed by atoms with Crippen LogP contribution in [-0.2, 0) is 0 Å². The Morgan fingerprint density at radius 1 is 1.67 bits per heavy atom. The Labute approximate surface area is 47.8 Å². The second-order valence-electron chi connectivity index (χ2n) is 1.01. The molecule has 0 aliphatic carbocycles. The van der Waals surface area contributed by atoms with Crippen LogP contribution in [-0.4, -0.2) is 23.1 Å². The molecule has 0 saturated heterocycles. The first-order valence-electron chi connectivity index (χ1n) is 1.55. The van der Waals surface area contributed by atoms with Crippen LogP contribution in [0.2, 0.25) is 0 Å². The summed E-state index contributed by atoms with van der Waals surface area (Å²) in [6.07, 6.45) is 0. The number of hydrogen-bond donors (Lipinski definition) is 0. The quantitative estimate of drug-likeness (QED) is 0.398. The summed E-state index contributed by atoms with van der Waals surface area (Å²) in [5, 5.41) is 0. The van der Waals surface area contributed by atoms with Crippen LogP contribution in [0.1, 0.15) is 0 Å². The standard InChI is InChI=1S/C3H7NS2/c1-4(2)6-3-5/h3H,1-2H3. The summed E-state index contributed by atoms with van der Waals surface area (Å²) < 4.78 is 3.56. The molecule has 3 heteroatoms. The van der Waals surface area contributed by atoms with E-state index in [2.05, 4.69) is 12.2 Å². The van der Waals surface area contributed by atoms with Crippen molar-refractivity contribution >= 4 is 28.9 Å². The summed E-state index contributed by atoms with van der Waals surface area (Å²) in [5.41, 5.74) is 0. The SMILES string of the molecule is CN(C)SC=S. The first kappa shape index (κ1) is 6.40. The van der Waals surface area contributed by atoms with Gasteiger partial charge in [-0.25, -0.2) is 0 Å². The highest BCUT2D eigenvalue weighted by atomic mass is 32.2. The third-order valence-corrected chi connectivity index (χ3v) is 1.02. The highest BCUT2D eigenvalue weighted by molar-refractivity contribution is 8.19. The number of hydrogen-bond acceptors (Lipinski definition) is 3. The van der Waals surface area contributed by atoms with Gasteiger partial charge in [0.15, 0.2) is 0 Å². The molecule has 0 radical (unpaired) electrons. The lowest BCUT2D eigenvalue weighted by Crippen LogP contribution is -1.97. The van der Waals surface area contributed by atoms with Crippen molar-refractivity contribution in [2.45, 2.75) is 0 Å². The third kappa shape index (κ3) is 4.40. The van der Waals surface area contributed by atoms with Gasteiger partial charge in [-0.15, -0.1) is 0 Å². The molecular weight excluding hydrogens is 114 g/mol. The molecule has 6 heavy (non-hydrogen) atoms. The Balaban J connectivity index is 2.81. The first-order valence-corrected chi connectivity index (χ1v) is 2.86. The van der Waals surface area contributed by atoms with E-state index in [9.17, 15) is 0 Å². The fourth-order valence-electron chi connectivity index (χ4n) is 0.0861. The van der Waals surface area contributed by atoms with E-state index < -0.39 is 0 Å². The molecule has 36 valence electrons. The normalized spacial score (nSPS) is 9.17. The molecule has 0 aromatic heterocycles. The topological polar surface area (TPSA) is 3.24 Å². The maximum Gasteiger partial charge on any atom is 0.0499 e. The highest BCUT2D eigenvalue weighted by Crippen LogP contribution is 1.95. The largest absolute Gasteiger partial charge is 0.252 e. The Kier molecular flexibility index (Phi) is 3.82. The Morgan fingerprint density at radius 2 is 2.17 bits per heavy atom. The van der Waals surface area contributed by atoms with Crippen molar-refractivity contribution in [3.05, 3.63) is 0 Å². The van der Waals surface area contributed by atoms with Crippen LogP contribution in [0.25, 0.3) is 0 Å². The molecule has 0 fully saturated rings. The molecule has 0 rings (SSSR count). The fourth-order valence-corrected chi connectivity index (χ4v) is 0.775. The van der Waals surface area contributed by atoms with E-state index >= 15 is 0 Å². The van der Waals surface area contributed by atoms with Gasteiger partial charge in [0.25, 0.3) is 0 Å². The monoisotopic (exact) mass is 121 g/mol. The van der Waals surface area contributed by atoms with Crippen LogP contribution < -0.4 is 0 Å². The van der Waals surface area contributed by atoms with Gasteiger partial charge in [0.05, 0.1) is 0 Å². The predicted octanol–water partition coefficient (Wildman–Crippen LogP) is 1.15. The van der Waals surface area contributed by atoms with Gasteiger partial charge in [-0.3, -0.25) is 4.31 Å². The van der Waals surface area contributed by atoms with Crippen LogP contribution in [0.3, 0.4) is 0 Å². The summed E-state index contributed by atoms with van der Waals surface area (Å²) in [7, 11) is 3.90. The highest BCUT2D eigenvalue weighted by Gasteiger charge is 1.77. The number of nitrogens with zero attached hydrogens (tertiary/aromatic N) is 1. The zero-order valence-corrected chi connectivity index (χ0v) is 5.47.